The molecule has 0 aromatic carbocycles. The average molecular weight is 336 g/mol. The molecule has 0 radical (unpaired) electrons. The molecule has 0 bridgehead atoms. The largest absolute Gasteiger partial charge is 0.481 e. The molecule has 0 fully saturated rings. The Balaban J connectivity index is 1.92. The van der Waals surface area contributed by atoms with E-state index in [4.69, 9.17) is 10.5 Å². The van der Waals surface area contributed by atoms with Crippen LogP contribution in [0.15, 0.2) is 31.0 Å². The van der Waals surface area contributed by atoms with Crippen LogP contribution in [0.2, 0.25) is 0 Å². The Bertz CT molecular complexity index is 1080. The van der Waals surface area contributed by atoms with Gasteiger partial charge in [0.15, 0.2) is 11.6 Å². The maximum atomic E-state index is 6.20. The molecule has 4 heterocycles. The van der Waals surface area contributed by atoms with Crippen LogP contribution in [0, 0.1) is 6.92 Å². The first-order valence-electron chi connectivity index (χ1n) is 7.58. The van der Waals surface area contributed by atoms with Gasteiger partial charge in [-0.15, -0.1) is 5.10 Å². The summed E-state index contributed by atoms with van der Waals surface area (Å²) in [6.07, 6.45) is 6.86. The first-order valence-corrected chi connectivity index (χ1v) is 7.58. The Morgan fingerprint density at radius 1 is 1.20 bits per heavy atom. The van der Waals surface area contributed by atoms with E-state index in [1.807, 2.05) is 30.9 Å². The number of ether oxygens (including phenoxy) is 1. The molecule has 0 aliphatic rings. The molecular formula is C16H16N8O. The number of nitrogen functional groups attached to an aromatic ring is 1. The van der Waals surface area contributed by atoms with Gasteiger partial charge in [0.05, 0.1) is 12.8 Å². The molecule has 0 unspecified atom stereocenters. The summed E-state index contributed by atoms with van der Waals surface area (Å²) in [7, 11) is 3.45. The first-order chi connectivity index (χ1) is 12.1. The molecule has 0 saturated carbocycles. The van der Waals surface area contributed by atoms with Crippen LogP contribution in [0.4, 0.5) is 5.82 Å². The van der Waals surface area contributed by atoms with Crippen molar-refractivity contribution < 1.29 is 4.74 Å². The van der Waals surface area contributed by atoms with E-state index in [9.17, 15) is 0 Å². The number of nitrogens with zero attached hydrogens (tertiary/aromatic N) is 7. The Hall–Kier alpha value is -3.49. The lowest BCUT2D eigenvalue weighted by atomic mass is 10.1. The number of hydrogen-bond acceptors (Lipinski definition) is 7. The van der Waals surface area contributed by atoms with Crippen molar-refractivity contribution in [3.8, 4) is 28.8 Å². The maximum absolute atomic E-state index is 6.20. The minimum Gasteiger partial charge on any atom is -0.481 e. The van der Waals surface area contributed by atoms with Gasteiger partial charge < -0.3 is 15.0 Å². The average Bonchev–Trinajstić information content (AvgIpc) is 3.18. The zero-order chi connectivity index (χ0) is 17.6. The molecule has 9 heteroatoms. The summed E-state index contributed by atoms with van der Waals surface area (Å²) in [5.74, 6) is 1.98. The van der Waals surface area contributed by atoms with Crippen molar-refractivity contribution in [1.82, 2.24) is 34.1 Å². The van der Waals surface area contributed by atoms with Crippen LogP contribution in [0.1, 0.15) is 5.56 Å². The Morgan fingerprint density at radius 2 is 2.04 bits per heavy atom. The third-order valence-electron chi connectivity index (χ3n) is 4.06. The number of aryl methyl sites for hydroxylation is 2. The van der Waals surface area contributed by atoms with Gasteiger partial charge in [0.1, 0.15) is 11.8 Å². The van der Waals surface area contributed by atoms with Crippen molar-refractivity contribution in [2.45, 2.75) is 6.92 Å². The summed E-state index contributed by atoms with van der Waals surface area (Å²) >= 11 is 0. The monoisotopic (exact) mass is 336 g/mol. The standard InChI is InChI=1S/C16H16N8O/c1-9-10(11-6-12(25-3)20-8-19-11)7-24-13(9)14(17)21-15(22-24)16-18-4-5-23(16)2/h4-8H,1-3H3,(H2,17,21,22). The smallest absolute Gasteiger partial charge is 0.218 e. The quantitative estimate of drug-likeness (QED) is 0.603. The van der Waals surface area contributed by atoms with Crippen molar-refractivity contribution in [3.63, 3.8) is 0 Å². The second-order valence-electron chi connectivity index (χ2n) is 5.59. The van der Waals surface area contributed by atoms with Crippen molar-refractivity contribution >= 4 is 11.3 Å². The van der Waals surface area contributed by atoms with Crippen molar-refractivity contribution in [1.29, 1.82) is 0 Å². The fourth-order valence-electron chi connectivity index (χ4n) is 2.80. The summed E-state index contributed by atoms with van der Waals surface area (Å²) in [4.78, 5) is 17.0. The van der Waals surface area contributed by atoms with Gasteiger partial charge in [0.25, 0.3) is 0 Å². The highest BCUT2D eigenvalue weighted by atomic mass is 16.5. The molecular weight excluding hydrogens is 320 g/mol. The Labute approximate surface area is 143 Å². The lowest BCUT2D eigenvalue weighted by molar-refractivity contribution is 0.397. The lowest BCUT2D eigenvalue weighted by Gasteiger charge is -2.04. The molecule has 9 nitrogen and oxygen atoms in total. The molecule has 4 rings (SSSR count). The van der Waals surface area contributed by atoms with E-state index in [0.29, 0.717) is 23.3 Å². The zero-order valence-corrected chi connectivity index (χ0v) is 14.0. The van der Waals surface area contributed by atoms with E-state index < -0.39 is 0 Å². The number of fused-ring (bicyclic) bond motifs is 1. The van der Waals surface area contributed by atoms with Gasteiger partial charge >= 0.3 is 0 Å². The summed E-state index contributed by atoms with van der Waals surface area (Å²) in [6, 6.07) is 1.77. The number of imidazole rings is 1. The molecule has 4 aromatic heterocycles. The van der Waals surface area contributed by atoms with Crippen LogP contribution in [0.5, 0.6) is 5.88 Å². The van der Waals surface area contributed by atoms with Crippen LogP contribution in [0.25, 0.3) is 28.4 Å². The molecule has 0 aliphatic heterocycles. The highest BCUT2D eigenvalue weighted by Crippen LogP contribution is 2.30. The van der Waals surface area contributed by atoms with E-state index in [0.717, 1.165) is 22.3 Å². The van der Waals surface area contributed by atoms with Crippen LogP contribution >= 0.6 is 0 Å². The number of anilines is 1. The minimum absolute atomic E-state index is 0.387. The van der Waals surface area contributed by atoms with Gasteiger partial charge in [0.2, 0.25) is 11.7 Å². The molecule has 0 aliphatic carbocycles. The van der Waals surface area contributed by atoms with Gasteiger partial charge in [-0.25, -0.2) is 24.5 Å². The van der Waals surface area contributed by atoms with Crippen molar-refractivity contribution in [3.05, 3.63) is 36.5 Å². The maximum Gasteiger partial charge on any atom is 0.218 e. The lowest BCUT2D eigenvalue weighted by Crippen LogP contribution is -2.05. The normalized spacial score (nSPS) is 11.2. The first kappa shape index (κ1) is 15.1. The molecule has 0 atom stereocenters. The van der Waals surface area contributed by atoms with Gasteiger partial charge in [-0.3, -0.25) is 0 Å². The number of nitrogens with two attached hydrogens (primary N) is 1. The third kappa shape index (κ3) is 2.36. The molecule has 0 spiro atoms. The number of rotatable bonds is 3. The Kier molecular flexibility index (Phi) is 3.34. The molecule has 0 amide bonds. The summed E-state index contributed by atoms with van der Waals surface area (Å²) in [5.41, 5.74) is 9.49. The third-order valence-corrected chi connectivity index (χ3v) is 4.06. The summed E-state index contributed by atoms with van der Waals surface area (Å²) in [5, 5.41) is 4.56. The van der Waals surface area contributed by atoms with Crippen LogP contribution < -0.4 is 10.5 Å². The predicted molar refractivity (Wildman–Crippen MR) is 91.9 cm³/mol. The van der Waals surface area contributed by atoms with Gasteiger partial charge in [-0.1, -0.05) is 0 Å². The summed E-state index contributed by atoms with van der Waals surface area (Å²) in [6.45, 7) is 1.96. The van der Waals surface area contributed by atoms with Gasteiger partial charge in [-0.05, 0) is 12.5 Å². The van der Waals surface area contributed by atoms with E-state index >= 15 is 0 Å². The SMILES string of the molecule is COc1cc(-c2cn3nc(-c4nccn4C)nc(N)c3c2C)ncn1. The van der Waals surface area contributed by atoms with Gasteiger partial charge in [0, 0.05) is 37.3 Å². The van der Waals surface area contributed by atoms with Crippen LogP contribution in [-0.4, -0.2) is 41.2 Å². The van der Waals surface area contributed by atoms with Crippen LogP contribution in [0.3, 0.4) is 0 Å². The second kappa shape index (κ2) is 5.55. The van der Waals surface area contributed by atoms with Gasteiger partial charge in [-0.2, -0.15) is 0 Å². The molecule has 2 N–H and O–H groups in total. The zero-order valence-electron chi connectivity index (χ0n) is 14.0. The van der Waals surface area contributed by atoms with Crippen molar-refractivity contribution in [2.75, 3.05) is 12.8 Å². The molecule has 126 valence electrons. The molecule has 25 heavy (non-hydrogen) atoms. The van der Waals surface area contributed by atoms with E-state index in [2.05, 4.69) is 25.0 Å². The van der Waals surface area contributed by atoms with E-state index in [-0.39, 0.29) is 0 Å². The fourth-order valence-corrected chi connectivity index (χ4v) is 2.80. The Morgan fingerprint density at radius 3 is 2.76 bits per heavy atom. The van der Waals surface area contributed by atoms with Crippen molar-refractivity contribution in [2.24, 2.45) is 7.05 Å². The summed E-state index contributed by atoms with van der Waals surface area (Å²) < 4.78 is 8.73. The fraction of sp³-hybridized carbons (Fsp3) is 0.188. The highest BCUT2D eigenvalue weighted by molar-refractivity contribution is 5.81. The van der Waals surface area contributed by atoms with E-state index in [1.54, 1.807) is 23.9 Å². The highest BCUT2D eigenvalue weighted by Gasteiger charge is 2.17. The number of aromatic nitrogens is 7. The predicted octanol–water partition coefficient (Wildman–Crippen LogP) is 1.49. The topological polar surface area (TPSA) is 109 Å². The molecule has 0 saturated heterocycles. The number of hydrogen-bond donors (Lipinski definition) is 1. The van der Waals surface area contributed by atoms with E-state index in [1.165, 1.54) is 6.33 Å². The van der Waals surface area contributed by atoms with Crippen LogP contribution in [-0.2, 0) is 7.05 Å². The number of methoxy groups -OCH3 is 1. The molecule has 4 aromatic rings. The second-order valence-corrected chi connectivity index (χ2v) is 5.59. The minimum atomic E-state index is 0.387.